The van der Waals surface area contributed by atoms with Crippen LogP contribution >= 0.6 is 0 Å². The number of rotatable bonds is 7. The lowest BCUT2D eigenvalue weighted by Gasteiger charge is -2.32. The molecule has 0 bridgehead atoms. The van der Waals surface area contributed by atoms with Gasteiger partial charge >= 0.3 is 0 Å². The molecule has 9 nitrogen and oxygen atoms in total. The number of phenolic OH excluding ortho intramolecular Hbond substituents is 2. The van der Waals surface area contributed by atoms with Gasteiger partial charge in [-0.15, -0.1) is 0 Å². The molecule has 3 aromatic carbocycles. The number of amides is 1. The molecule has 2 aliphatic heterocycles. The molecule has 1 amide bonds. The molecule has 4 N–H and O–H groups in total. The molecule has 40 heavy (non-hydrogen) atoms. The number of allylic oxidation sites excluding steroid dienone is 2. The highest BCUT2D eigenvalue weighted by Crippen LogP contribution is 2.54. The highest BCUT2D eigenvalue weighted by Gasteiger charge is 2.61. The fraction of sp³-hybridized carbons (Fsp3) is 0.226. The van der Waals surface area contributed by atoms with E-state index in [-0.39, 0.29) is 41.2 Å². The number of aliphatic hydroxyl groups excluding tert-OH is 1. The van der Waals surface area contributed by atoms with Crippen molar-refractivity contribution in [1.82, 2.24) is 5.32 Å². The summed E-state index contributed by atoms with van der Waals surface area (Å²) in [6.45, 7) is 0.181. The maximum absolute atomic E-state index is 13.9. The minimum atomic E-state index is -1.23. The van der Waals surface area contributed by atoms with Crippen molar-refractivity contribution in [3.63, 3.8) is 0 Å². The zero-order valence-electron chi connectivity index (χ0n) is 22.3. The van der Waals surface area contributed by atoms with Gasteiger partial charge in [0.2, 0.25) is 0 Å². The molecule has 0 radical (unpaired) electrons. The van der Waals surface area contributed by atoms with E-state index in [1.165, 1.54) is 32.4 Å². The summed E-state index contributed by atoms with van der Waals surface area (Å²) in [5, 5.41) is 34.2. The van der Waals surface area contributed by atoms with Gasteiger partial charge in [0.05, 0.1) is 14.2 Å². The van der Waals surface area contributed by atoms with Crippen LogP contribution in [0.2, 0.25) is 0 Å². The number of aliphatic hydroxyl groups is 1. The van der Waals surface area contributed by atoms with Gasteiger partial charge < -0.3 is 29.7 Å². The lowest BCUT2D eigenvalue weighted by molar-refractivity contribution is -0.124. The van der Waals surface area contributed by atoms with Crippen molar-refractivity contribution in [1.29, 1.82) is 0 Å². The summed E-state index contributed by atoms with van der Waals surface area (Å²) in [4.78, 5) is 29.1. The Morgan fingerprint density at radius 1 is 1.02 bits per heavy atom. The second-order valence-corrected chi connectivity index (χ2v) is 9.82. The number of para-hydroxylation sites is 1. The van der Waals surface area contributed by atoms with Gasteiger partial charge in [0.15, 0.2) is 28.8 Å². The Kier molecular flexibility index (Phi) is 6.99. The zero-order chi connectivity index (χ0) is 28.6. The first-order valence-corrected chi connectivity index (χ1v) is 12.7. The number of ketones is 1. The van der Waals surface area contributed by atoms with Crippen molar-refractivity contribution in [2.45, 2.75) is 11.5 Å². The Morgan fingerprint density at radius 3 is 2.50 bits per heavy atom. The molecule has 5 rings (SSSR count). The van der Waals surface area contributed by atoms with Crippen LogP contribution in [-0.4, -0.2) is 54.8 Å². The number of fused-ring (bicyclic) bond motifs is 2. The van der Waals surface area contributed by atoms with E-state index in [0.717, 1.165) is 17.3 Å². The van der Waals surface area contributed by atoms with Crippen molar-refractivity contribution < 1.29 is 34.4 Å². The Labute approximate surface area is 231 Å². The number of benzene rings is 3. The van der Waals surface area contributed by atoms with E-state index in [1.54, 1.807) is 42.3 Å². The normalized spacial score (nSPS) is 22.2. The number of nitrogens with one attached hydrogen (secondary N) is 1. The molecule has 2 heterocycles. The summed E-state index contributed by atoms with van der Waals surface area (Å²) in [5.74, 6) is -1.81. The quantitative estimate of drug-likeness (QED) is 0.200. The third kappa shape index (κ3) is 4.34. The summed E-state index contributed by atoms with van der Waals surface area (Å²) in [5.41, 5.74) is 1.49. The van der Waals surface area contributed by atoms with Crippen LogP contribution in [0.4, 0.5) is 5.69 Å². The van der Waals surface area contributed by atoms with Gasteiger partial charge in [0.25, 0.3) is 5.91 Å². The third-order valence-electron chi connectivity index (χ3n) is 7.67. The Morgan fingerprint density at radius 2 is 1.77 bits per heavy atom. The number of methoxy groups -OCH3 is 2. The predicted molar refractivity (Wildman–Crippen MR) is 150 cm³/mol. The van der Waals surface area contributed by atoms with Crippen molar-refractivity contribution >= 4 is 23.5 Å². The van der Waals surface area contributed by atoms with Gasteiger partial charge in [-0.3, -0.25) is 14.9 Å². The van der Waals surface area contributed by atoms with Crippen molar-refractivity contribution in [2.75, 3.05) is 32.7 Å². The van der Waals surface area contributed by atoms with Gasteiger partial charge in [-0.25, -0.2) is 0 Å². The Bertz CT molecular complexity index is 1550. The molecular formula is C31H30N2O7. The largest absolute Gasteiger partial charge is 0.508 e. The van der Waals surface area contributed by atoms with E-state index in [2.05, 4.69) is 5.32 Å². The molecule has 3 unspecified atom stereocenters. The van der Waals surface area contributed by atoms with Gasteiger partial charge in [-0.2, -0.15) is 0 Å². The van der Waals surface area contributed by atoms with Crippen LogP contribution in [0, 0.1) is 5.92 Å². The fourth-order valence-corrected chi connectivity index (χ4v) is 5.79. The van der Waals surface area contributed by atoms with Gasteiger partial charge in [0, 0.05) is 42.8 Å². The minimum Gasteiger partial charge on any atom is -0.508 e. The number of hydrogen-bond acceptors (Lipinski definition) is 8. The first-order chi connectivity index (χ1) is 19.2. The Hall–Kier alpha value is -4.76. The number of anilines is 1. The van der Waals surface area contributed by atoms with Gasteiger partial charge in [-0.05, 0) is 47.5 Å². The number of aromatic hydroxyl groups is 2. The average molecular weight is 543 g/mol. The number of phenols is 2. The average Bonchev–Trinajstić information content (AvgIpc) is 3.45. The lowest BCUT2D eigenvalue weighted by atomic mass is 9.71. The molecule has 0 aliphatic carbocycles. The Balaban J connectivity index is 1.53. The van der Waals surface area contributed by atoms with Crippen LogP contribution in [0.3, 0.4) is 0 Å². The summed E-state index contributed by atoms with van der Waals surface area (Å²) in [6.07, 6.45) is 4.06. The van der Waals surface area contributed by atoms with Crippen LogP contribution < -0.4 is 19.7 Å². The summed E-state index contributed by atoms with van der Waals surface area (Å²) in [7, 11) is 4.59. The highest BCUT2D eigenvalue weighted by atomic mass is 16.5. The van der Waals surface area contributed by atoms with E-state index in [9.17, 15) is 24.9 Å². The lowest BCUT2D eigenvalue weighted by Crippen LogP contribution is -2.49. The summed E-state index contributed by atoms with van der Waals surface area (Å²) < 4.78 is 10.4. The molecule has 1 saturated heterocycles. The van der Waals surface area contributed by atoms with Crippen molar-refractivity contribution in [2.24, 2.45) is 5.92 Å². The smallest absolute Gasteiger partial charge is 0.252 e. The number of likely N-dealkylation sites (N-methyl/N-ethyl adjacent to an activating group) is 1. The molecular weight excluding hydrogens is 512 g/mol. The molecule has 0 saturated carbocycles. The number of carbonyl (C=O) groups is 2. The van der Waals surface area contributed by atoms with Crippen LogP contribution in [0.25, 0.3) is 6.08 Å². The van der Waals surface area contributed by atoms with Crippen LogP contribution in [-0.2, 0) is 15.1 Å². The fourth-order valence-electron chi connectivity index (χ4n) is 5.79. The second kappa shape index (κ2) is 10.4. The maximum atomic E-state index is 13.9. The number of ether oxygens (including phenoxy) is 2. The highest BCUT2D eigenvalue weighted by molar-refractivity contribution is 6.09. The van der Waals surface area contributed by atoms with Gasteiger partial charge in [0.1, 0.15) is 11.3 Å². The molecule has 1 fully saturated rings. The van der Waals surface area contributed by atoms with E-state index >= 15 is 0 Å². The number of nitrogens with zero attached hydrogens (tertiary/aromatic N) is 1. The second-order valence-electron chi connectivity index (χ2n) is 9.82. The maximum Gasteiger partial charge on any atom is 0.252 e. The molecule has 2 aliphatic rings. The SMILES string of the molecule is COc1ccc(C=CC(O)=CC(=O)C2CNC3(C(=O)N(C)c4ccccc43)C2c2ccc(O)c(OC)c2)cc1O. The molecule has 3 aromatic rings. The minimum absolute atomic E-state index is 0.0508. The van der Waals surface area contributed by atoms with E-state index < -0.39 is 17.4 Å². The zero-order valence-corrected chi connectivity index (χ0v) is 22.3. The first-order valence-electron chi connectivity index (χ1n) is 12.7. The van der Waals surface area contributed by atoms with Gasteiger partial charge in [-0.1, -0.05) is 36.4 Å². The van der Waals surface area contributed by atoms with Crippen molar-refractivity contribution in [3.05, 3.63) is 95.3 Å². The monoisotopic (exact) mass is 542 g/mol. The molecule has 3 atom stereocenters. The summed E-state index contributed by atoms with van der Waals surface area (Å²) in [6, 6.07) is 17.0. The van der Waals surface area contributed by atoms with Crippen LogP contribution in [0.15, 0.2) is 78.6 Å². The van der Waals surface area contributed by atoms with E-state index in [0.29, 0.717) is 16.9 Å². The van der Waals surface area contributed by atoms with Crippen LogP contribution in [0.5, 0.6) is 23.0 Å². The molecule has 206 valence electrons. The summed E-state index contributed by atoms with van der Waals surface area (Å²) >= 11 is 0. The van der Waals surface area contributed by atoms with Crippen LogP contribution in [0.1, 0.15) is 22.6 Å². The van der Waals surface area contributed by atoms with Crippen molar-refractivity contribution in [3.8, 4) is 23.0 Å². The topological polar surface area (TPSA) is 129 Å². The number of carbonyl (C=O) groups excluding carboxylic acids is 2. The standard InChI is InChI=1S/C31H30N2O7/c1-33-23-7-5-4-6-22(23)31(30(33)38)29(19-10-12-24(35)28(15-19)40-3)21(17-32-31)25(36)16-20(34)11-8-18-9-13-27(39-2)26(37)14-18/h4-16,21,29,32,34-35,37H,17H2,1-3H3. The number of hydrogen-bond donors (Lipinski definition) is 4. The predicted octanol–water partition coefficient (Wildman–Crippen LogP) is 4.01. The molecule has 0 aromatic heterocycles. The molecule has 9 heteroatoms. The third-order valence-corrected chi connectivity index (χ3v) is 7.67. The van der Waals surface area contributed by atoms with E-state index in [1.807, 2.05) is 24.3 Å². The van der Waals surface area contributed by atoms with E-state index in [4.69, 9.17) is 9.47 Å². The molecule has 1 spiro atoms. The first kappa shape index (κ1) is 26.8.